The van der Waals surface area contributed by atoms with Crippen molar-refractivity contribution in [1.29, 1.82) is 0 Å². The maximum Gasteiger partial charge on any atom is 0.247 e. The minimum absolute atomic E-state index is 0.107. The second-order valence-electron chi connectivity index (χ2n) is 5.36. The van der Waals surface area contributed by atoms with Gasteiger partial charge in [-0.3, -0.25) is 4.72 Å². The maximum absolute atomic E-state index is 11.8. The molecule has 0 fully saturated rings. The third kappa shape index (κ3) is 4.89. The van der Waals surface area contributed by atoms with Gasteiger partial charge >= 0.3 is 0 Å². The highest BCUT2D eigenvalue weighted by Crippen LogP contribution is 2.18. The van der Waals surface area contributed by atoms with Gasteiger partial charge in [-0.05, 0) is 43.5 Å². The van der Waals surface area contributed by atoms with Crippen molar-refractivity contribution in [3.63, 3.8) is 0 Å². The molecule has 0 aliphatic heterocycles. The SMILES string of the molecule is CCCS(=O)(=O)Nc1ccc(Nc2nnc(CC)c(CC)n2)cc1. The van der Waals surface area contributed by atoms with Crippen LogP contribution in [0.3, 0.4) is 0 Å². The van der Waals surface area contributed by atoms with E-state index in [9.17, 15) is 8.42 Å². The third-order valence-corrected chi connectivity index (χ3v) is 4.89. The summed E-state index contributed by atoms with van der Waals surface area (Å²) >= 11 is 0. The van der Waals surface area contributed by atoms with Crippen LogP contribution in [-0.2, 0) is 22.9 Å². The number of nitrogens with one attached hydrogen (secondary N) is 2. The van der Waals surface area contributed by atoms with E-state index in [1.165, 1.54) is 0 Å². The molecule has 7 nitrogen and oxygen atoms in total. The summed E-state index contributed by atoms with van der Waals surface area (Å²) in [6.07, 6.45) is 2.18. The Morgan fingerprint density at radius 3 is 2.12 bits per heavy atom. The van der Waals surface area contributed by atoms with Gasteiger partial charge < -0.3 is 5.32 Å². The van der Waals surface area contributed by atoms with Crippen LogP contribution < -0.4 is 10.0 Å². The van der Waals surface area contributed by atoms with Crippen molar-refractivity contribution in [1.82, 2.24) is 15.2 Å². The van der Waals surface area contributed by atoms with Gasteiger partial charge in [-0.2, -0.15) is 0 Å². The minimum Gasteiger partial charge on any atom is -0.323 e. The van der Waals surface area contributed by atoms with Gasteiger partial charge in [0.2, 0.25) is 16.0 Å². The number of aryl methyl sites for hydroxylation is 2. The monoisotopic (exact) mass is 349 g/mol. The number of nitrogens with zero attached hydrogens (tertiary/aromatic N) is 3. The second kappa shape index (κ2) is 8.05. The van der Waals surface area contributed by atoms with Crippen molar-refractivity contribution < 1.29 is 8.42 Å². The Labute approximate surface area is 143 Å². The Morgan fingerprint density at radius 2 is 1.54 bits per heavy atom. The zero-order valence-corrected chi connectivity index (χ0v) is 15.0. The van der Waals surface area contributed by atoms with Gasteiger partial charge in [-0.25, -0.2) is 13.4 Å². The fraction of sp³-hybridized carbons (Fsp3) is 0.438. The highest BCUT2D eigenvalue weighted by Gasteiger charge is 2.09. The topological polar surface area (TPSA) is 96.9 Å². The van der Waals surface area contributed by atoms with Crippen LogP contribution in [0.2, 0.25) is 0 Å². The molecular weight excluding hydrogens is 326 g/mol. The van der Waals surface area contributed by atoms with Crippen LogP contribution in [0.4, 0.5) is 17.3 Å². The van der Waals surface area contributed by atoms with E-state index in [1.54, 1.807) is 24.3 Å². The van der Waals surface area contributed by atoms with Crippen LogP contribution >= 0.6 is 0 Å². The number of rotatable bonds is 8. The molecule has 1 heterocycles. The number of hydrogen-bond donors (Lipinski definition) is 2. The molecule has 24 heavy (non-hydrogen) atoms. The van der Waals surface area contributed by atoms with Crippen LogP contribution in [0.1, 0.15) is 38.6 Å². The first-order chi connectivity index (χ1) is 11.5. The third-order valence-electron chi connectivity index (χ3n) is 3.40. The molecule has 0 saturated heterocycles. The van der Waals surface area contributed by atoms with Crippen LogP contribution in [0.25, 0.3) is 0 Å². The van der Waals surface area contributed by atoms with Crippen LogP contribution in [-0.4, -0.2) is 29.4 Å². The van der Waals surface area contributed by atoms with E-state index in [4.69, 9.17) is 0 Å². The molecule has 0 radical (unpaired) electrons. The normalized spacial score (nSPS) is 11.3. The highest BCUT2D eigenvalue weighted by molar-refractivity contribution is 7.92. The van der Waals surface area contributed by atoms with Crippen molar-refractivity contribution in [3.8, 4) is 0 Å². The lowest BCUT2D eigenvalue weighted by Crippen LogP contribution is -2.15. The molecular formula is C16H23N5O2S. The number of hydrogen-bond acceptors (Lipinski definition) is 6. The van der Waals surface area contributed by atoms with Crippen molar-refractivity contribution >= 4 is 27.3 Å². The summed E-state index contributed by atoms with van der Waals surface area (Å²) in [7, 11) is -3.28. The molecule has 1 aromatic carbocycles. The van der Waals surface area contributed by atoms with Crippen molar-refractivity contribution in [2.45, 2.75) is 40.0 Å². The summed E-state index contributed by atoms with van der Waals surface area (Å²) in [5.74, 6) is 0.541. The van der Waals surface area contributed by atoms with Crippen molar-refractivity contribution in [3.05, 3.63) is 35.7 Å². The Bertz CT molecular complexity index is 776. The first kappa shape index (κ1) is 18.1. The number of sulfonamides is 1. The van der Waals surface area contributed by atoms with Gasteiger partial charge in [0.05, 0.1) is 17.1 Å². The first-order valence-electron chi connectivity index (χ1n) is 8.07. The van der Waals surface area contributed by atoms with E-state index in [2.05, 4.69) is 25.2 Å². The van der Waals surface area contributed by atoms with E-state index < -0.39 is 10.0 Å². The molecule has 0 saturated carbocycles. The zero-order valence-electron chi connectivity index (χ0n) is 14.2. The predicted molar refractivity (Wildman–Crippen MR) is 96.0 cm³/mol. The number of aromatic nitrogens is 3. The molecule has 0 atom stereocenters. The molecule has 0 aliphatic carbocycles. The summed E-state index contributed by atoms with van der Waals surface area (Å²) < 4.78 is 26.0. The smallest absolute Gasteiger partial charge is 0.247 e. The average Bonchev–Trinajstić information content (AvgIpc) is 2.56. The molecule has 1 aromatic heterocycles. The fourth-order valence-electron chi connectivity index (χ4n) is 2.24. The Balaban J connectivity index is 2.09. The Morgan fingerprint density at radius 1 is 0.917 bits per heavy atom. The molecule has 0 amide bonds. The molecule has 0 unspecified atom stereocenters. The van der Waals surface area contributed by atoms with E-state index in [0.717, 1.165) is 29.9 Å². The van der Waals surface area contributed by atoms with Crippen molar-refractivity contribution in [2.75, 3.05) is 15.8 Å². The van der Waals surface area contributed by atoms with E-state index >= 15 is 0 Å². The molecule has 0 bridgehead atoms. The van der Waals surface area contributed by atoms with Crippen LogP contribution in [0, 0.1) is 0 Å². The predicted octanol–water partition coefficient (Wildman–Crippen LogP) is 2.89. The number of anilines is 3. The summed E-state index contributed by atoms with van der Waals surface area (Å²) in [6.45, 7) is 5.88. The summed E-state index contributed by atoms with van der Waals surface area (Å²) in [5.41, 5.74) is 3.13. The Kier molecular flexibility index (Phi) is 6.08. The second-order valence-corrected chi connectivity index (χ2v) is 7.20. The van der Waals surface area contributed by atoms with E-state index in [0.29, 0.717) is 18.1 Å². The largest absolute Gasteiger partial charge is 0.323 e. The van der Waals surface area contributed by atoms with Gasteiger partial charge in [-0.15, -0.1) is 10.2 Å². The van der Waals surface area contributed by atoms with Gasteiger partial charge in [0, 0.05) is 11.4 Å². The standard InChI is InChI=1S/C16H23N5O2S/c1-4-11-24(22,23)21-13-9-7-12(8-10-13)17-16-18-14(5-2)15(6-3)19-20-16/h7-10,21H,4-6,11H2,1-3H3,(H,17,18,20). The van der Waals surface area contributed by atoms with Crippen molar-refractivity contribution in [2.24, 2.45) is 0 Å². The maximum atomic E-state index is 11.8. The van der Waals surface area contributed by atoms with Crippen LogP contribution in [0.5, 0.6) is 0 Å². The highest BCUT2D eigenvalue weighted by atomic mass is 32.2. The molecule has 2 N–H and O–H groups in total. The van der Waals surface area contributed by atoms with Gasteiger partial charge in [0.15, 0.2) is 0 Å². The van der Waals surface area contributed by atoms with Gasteiger partial charge in [-0.1, -0.05) is 20.8 Å². The zero-order chi connectivity index (χ0) is 17.6. The lowest BCUT2D eigenvalue weighted by Gasteiger charge is -2.10. The molecule has 0 aliphatic rings. The van der Waals surface area contributed by atoms with Gasteiger partial charge in [0.1, 0.15) is 0 Å². The fourth-order valence-corrected chi connectivity index (χ4v) is 3.38. The summed E-state index contributed by atoms with van der Waals surface area (Å²) in [6, 6.07) is 6.94. The first-order valence-corrected chi connectivity index (χ1v) is 9.72. The molecule has 2 rings (SSSR count). The van der Waals surface area contributed by atoms with E-state index in [-0.39, 0.29) is 5.75 Å². The molecule has 130 valence electrons. The minimum atomic E-state index is -3.28. The lowest BCUT2D eigenvalue weighted by molar-refractivity contribution is 0.600. The van der Waals surface area contributed by atoms with Gasteiger partial charge in [0.25, 0.3) is 0 Å². The lowest BCUT2D eigenvalue weighted by atomic mass is 10.2. The molecule has 2 aromatic rings. The average molecular weight is 349 g/mol. The summed E-state index contributed by atoms with van der Waals surface area (Å²) in [4.78, 5) is 4.47. The molecule has 8 heteroatoms. The quantitative estimate of drug-likeness (QED) is 0.760. The molecule has 0 spiro atoms. The number of benzene rings is 1. The summed E-state index contributed by atoms with van der Waals surface area (Å²) in [5, 5.41) is 11.3. The van der Waals surface area contributed by atoms with Crippen LogP contribution in [0.15, 0.2) is 24.3 Å². The Hall–Kier alpha value is -2.22. The van der Waals surface area contributed by atoms with E-state index in [1.807, 2.05) is 20.8 Å².